The van der Waals surface area contributed by atoms with Crippen LogP contribution in [0.4, 0.5) is 9.52 Å². The van der Waals surface area contributed by atoms with Crippen molar-refractivity contribution in [2.75, 3.05) is 5.32 Å². The van der Waals surface area contributed by atoms with Crippen LogP contribution in [0.3, 0.4) is 0 Å². The highest BCUT2D eigenvalue weighted by Crippen LogP contribution is 2.24. The molecule has 4 heterocycles. The molecule has 0 radical (unpaired) electrons. The Morgan fingerprint density at radius 2 is 2.08 bits per heavy atom. The third kappa shape index (κ3) is 3.20. The SMILES string of the molecule is O=C(Nc1nc(-c2cc(F)ccn2)cs1)c1cncn1-c1ccccn1. The van der Waals surface area contributed by atoms with E-state index in [9.17, 15) is 9.18 Å². The Hall–Kier alpha value is -3.46. The first kappa shape index (κ1) is 16.0. The number of nitrogens with one attached hydrogen (secondary N) is 1. The second kappa shape index (κ2) is 6.81. The van der Waals surface area contributed by atoms with Gasteiger partial charge in [0.05, 0.1) is 11.9 Å². The molecule has 0 aliphatic rings. The van der Waals surface area contributed by atoms with Crippen molar-refractivity contribution in [3.8, 4) is 17.2 Å². The molecule has 9 heteroatoms. The van der Waals surface area contributed by atoms with Gasteiger partial charge in [-0.05, 0) is 18.2 Å². The van der Waals surface area contributed by atoms with E-state index in [1.165, 1.54) is 42.2 Å². The average molecular weight is 366 g/mol. The molecular formula is C17H11FN6OS. The van der Waals surface area contributed by atoms with Gasteiger partial charge >= 0.3 is 0 Å². The van der Waals surface area contributed by atoms with Gasteiger partial charge in [0.15, 0.2) is 5.13 Å². The molecule has 0 saturated heterocycles. The van der Waals surface area contributed by atoms with Crippen molar-refractivity contribution < 1.29 is 9.18 Å². The second-order valence-electron chi connectivity index (χ2n) is 5.19. The number of carbonyl (C=O) groups is 1. The van der Waals surface area contributed by atoms with Crippen LogP contribution in [0.5, 0.6) is 0 Å². The van der Waals surface area contributed by atoms with Crippen LogP contribution in [0.1, 0.15) is 10.5 Å². The molecule has 26 heavy (non-hydrogen) atoms. The Kier molecular flexibility index (Phi) is 4.20. The Balaban J connectivity index is 1.56. The van der Waals surface area contributed by atoms with Crippen molar-refractivity contribution in [1.82, 2.24) is 24.5 Å². The number of aromatic nitrogens is 5. The predicted octanol–water partition coefficient (Wildman–Crippen LogP) is 3.18. The zero-order chi connectivity index (χ0) is 17.9. The van der Waals surface area contributed by atoms with Crippen molar-refractivity contribution in [2.24, 2.45) is 0 Å². The highest BCUT2D eigenvalue weighted by molar-refractivity contribution is 7.14. The Labute approximate surface area is 151 Å². The largest absolute Gasteiger partial charge is 0.296 e. The number of hydrogen-bond acceptors (Lipinski definition) is 6. The summed E-state index contributed by atoms with van der Waals surface area (Å²) in [7, 11) is 0. The number of rotatable bonds is 4. The molecule has 4 aromatic rings. The highest BCUT2D eigenvalue weighted by atomic mass is 32.1. The number of hydrogen-bond donors (Lipinski definition) is 1. The number of pyridine rings is 2. The van der Waals surface area contributed by atoms with Crippen LogP contribution in [0, 0.1) is 5.82 Å². The van der Waals surface area contributed by atoms with Gasteiger partial charge in [-0.25, -0.2) is 19.3 Å². The number of anilines is 1. The van der Waals surface area contributed by atoms with Gasteiger partial charge in [-0.15, -0.1) is 11.3 Å². The van der Waals surface area contributed by atoms with E-state index >= 15 is 0 Å². The summed E-state index contributed by atoms with van der Waals surface area (Å²) in [4.78, 5) is 29.1. The maximum absolute atomic E-state index is 13.3. The highest BCUT2D eigenvalue weighted by Gasteiger charge is 2.16. The summed E-state index contributed by atoms with van der Waals surface area (Å²) >= 11 is 1.23. The molecule has 0 unspecified atom stereocenters. The van der Waals surface area contributed by atoms with E-state index in [1.54, 1.807) is 28.3 Å². The average Bonchev–Trinajstić information content (AvgIpc) is 3.32. The topological polar surface area (TPSA) is 85.6 Å². The summed E-state index contributed by atoms with van der Waals surface area (Å²) in [5.41, 5.74) is 1.22. The first-order valence-corrected chi connectivity index (χ1v) is 8.41. The van der Waals surface area contributed by atoms with Crippen LogP contribution in [0.2, 0.25) is 0 Å². The number of carbonyl (C=O) groups excluding carboxylic acids is 1. The van der Waals surface area contributed by atoms with E-state index in [0.717, 1.165) is 0 Å². The number of nitrogens with zero attached hydrogens (tertiary/aromatic N) is 5. The smallest absolute Gasteiger partial charge is 0.276 e. The molecular weight excluding hydrogens is 355 g/mol. The maximum Gasteiger partial charge on any atom is 0.276 e. The zero-order valence-electron chi connectivity index (χ0n) is 13.2. The van der Waals surface area contributed by atoms with Gasteiger partial charge in [-0.3, -0.25) is 19.7 Å². The first-order valence-electron chi connectivity index (χ1n) is 7.53. The van der Waals surface area contributed by atoms with E-state index < -0.39 is 5.82 Å². The zero-order valence-corrected chi connectivity index (χ0v) is 14.0. The van der Waals surface area contributed by atoms with Gasteiger partial charge in [0.25, 0.3) is 5.91 Å². The van der Waals surface area contributed by atoms with Crippen LogP contribution in [0.15, 0.2) is 60.6 Å². The number of thiazole rings is 1. The molecule has 128 valence electrons. The van der Waals surface area contributed by atoms with Crippen molar-refractivity contribution >= 4 is 22.4 Å². The number of imidazole rings is 1. The number of amides is 1. The first-order chi connectivity index (χ1) is 12.7. The molecule has 0 aliphatic carbocycles. The minimum Gasteiger partial charge on any atom is -0.296 e. The van der Waals surface area contributed by atoms with Crippen molar-refractivity contribution in [3.05, 3.63) is 72.1 Å². The van der Waals surface area contributed by atoms with E-state index in [0.29, 0.717) is 28.0 Å². The van der Waals surface area contributed by atoms with Gasteiger partial charge in [-0.1, -0.05) is 6.07 Å². The molecule has 0 spiro atoms. The molecule has 1 N–H and O–H groups in total. The maximum atomic E-state index is 13.3. The molecule has 1 amide bonds. The van der Waals surface area contributed by atoms with Crippen molar-refractivity contribution in [3.63, 3.8) is 0 Å². The van der Waals surface area contributed by atoms with Gasteiger partial charge in [0, 0.05) is 23.8 Å². The van der Waals surface area contributed by atoms with Gasteiger partial charge in [-0.2, -0.15) is 0 Å². The monoisotopic (exact) mass is 366 g/mol. The molecule has 4 rings (SSSR count). The fourth-order valence-corrected chi connectivity index (χ4v) is 3.00. The van der Waals surface area contributed by atoms with Gasteiger partial charge in [0.2, 0.25) is 0 Å². The minimum absolute atomic E-state index is 0.323. The van der Waals surface area contributed by atoms with E-state index in [1.807, 2.05) is 6.07 Å². The molecule has 0 atom stereocenters. The second-order valence-corrected chi connectivity index (χ2v) is 6.05. The standard InChI is InChI=1S/C17H11FN6OS/c18-11-4-6-20-12(7-11)13-9-26-17(22-13)23-16(25)14-8-19-10-24(14)15-3-1-2-5-21-15/h1-10H,(H,22,23,25). The molecule has 0 saturated carbocycles. The molecule has 0 bridgehead atoms. The summed E-state index contributed by atoms with van der Waals surface area (Å²) in [6, 6.07) is 7.94. The van der Waals surface area contributed by atoms with Crippen LogP contribution < -0.4 is 5.32 Å². The quantitative estimate of drug-likeness (QED) is 0.600. The van der Waals surface area contributed by atoms with E-state index in [-0.39, 0.29) is 5.91 Å². The third-order valence-corrected chi connectivity index (χ3v) is 4.23. The van der Waals surface area contributed by atoms with Crippen molar-refractivity contribution in [2.45, 2.75) is 0 Å². The van der Waals surface area contributed by atoms with Crippen LogP contribution in [-0.2, 0) is 0 Å². The van der Waals surface area contributed by atoms with Gasteiger partial charge < -0.3 is 0 Å². The van der Waals surface area contributed by atoms with Crippen LogP contribution in [0.25, 0.3) is 17.2 Å². The van der Waals surface area contributed by atoms with Crippen molar-refractivity contribution in [1.29, 1.82) is 0 Å². The summed E-state index contributed by atoms with van der Waals surface area (Å²) in [5.74, 6) is -0.187. The predicted molar refractivity (Wildman–Crippen MR) is 94.6 cm³/mol. The summed E-state index contributed by atoms with van der Waals surface area (Å²) in [6.07, 6.45) is 5.97. The normalized spacial score (nSPS) is 10.7. The van der Waals surface area contributed by atoms with Crippen LogP contribution in [-0.4, -0.2) is 30.4 Å². The van der Waals surface area contributed by atoms with Gasteiger partial charge in [0.1, 0.15) is 29.4 Å². The molecule has 0 aliphatic heterocycles. The summed E-state index contributed by atoms with van der Waals surface area (Å²) < 4.78 is 14.9. The van der Waals surface area contributed by atoms with E-state index in [4.69, 9.17) is 0 Å². The van der Waals surface area contributed by atoms with E-state index in [2.05, 4.69) is 25.3 Å². The summed E-state index contributed by atoms with van der Waals surface area (Å²) in [6.45, 7) is 0. The molecule has 4 aromatic heterocycles. The molecule has 0 fully saturated rings. The summed E-state index contributed by atoms with van der Waals surface area (Å²) in [5, 5.41) is 4.80. The Bertz CT molecular complexity index is 1060. The fraction of sp³-hybridized carbons (Fsp3) is 0. The molecule has 0 aromatic carbocycles. The Morgan fingerprint density at radius 3 is 2.88 bits per heavy atom. The Morgan fingerprint density at radius 1 is 1.15 bits per heavy atom. The lowest BCUT2D eigenvalue weighted by Gasteiger charge is -2.06. The minimum atomic E-state index is -0.396. The lowest BCUT2D eigenvalue weighted by molar-refractivity contribution is 0.102. The third-order valence-electron chi connectivity index (χ3n) is 3.48. The lowest BCUT2D eigenvalue weighted by Crippen LogP contribution is -2.16. The lowest BCUT2D eigenvalue weighted by atomic mass is 10.3. The molecule has 7 nitrogen and oxygen atoms in total. The van der Waals surface area contributed by atoms with Crippen LogP contribution >= 0.6 is 11.3 Å². The fourth-order valence-electron chi connectivity index (χ4n) is 2.30. The number of halogens is 1.